The summed E-state index contributed by atoms with van der Waals surface area (Å²) < 4.78 is 24.5. The molecule has 1 N–H and O–H groups in total. The fraction of sp³-hybridized carbons (Fsp3) is 0.357. The molecule has 7 heteroatoms. The largest absolute Gasteiger partial charge is 0.493 e. The number of benzene rings is 3. The van der Waals surface area contributed by atoms with Crippen LogP contribution in [-0.4, -0.2) is 52.9 Å². The summed E-state index contributed by atoms with van der Waals surface area (Å²) in [5.41, 5.74) is 4.62. The van der Waals surface area contributed by atoms with E-state index in [0.29, 0.717) is 24.7 Å². The van der Waals surface area contributed by atoms with Gasteiger partial charge in [0.05, 0.1) is 20.3 Å². The number of hydrogen-bond donors (Lipinski definition) is 1. The Bertz CT molecular complexity index is 1140. The molecule has 3 aromatic rings. The summed E-state index contributed by atoms with van der Waals surface area (Å²) in [6.07, 6.45) is 0.924. The van der Waals surface area contributed by atoms with Crippen molar-refractivity contribution in [3.63, 3.8) is 0 Å². The summed E-state index contributed by atoms with van der Waals surface area (Å²) in [4.78, 5) is 2.10. The van der Waals surface area contributed by atoms with Gasteiger partial charge in [-0.05, 0) is 67.0 Å². The molecule has 0 spiro atoms. The number of hydrogen-bond acceptors (Lipinski definition) is 6. The Balaban J connectivity index is 1.63. The van der Waals surface area contributed by atoms with Crippen molar-refractivity contribution in [3.8, 4) is 23.0 Å². The molecule has 0 amide bonds. The number of nitrogens with one attached hydrogen (secondary N) is 1. The topological polar surface area (TPSA) is 52.2 Å². The minimum absolute atomic E-state index is 0.0210. The van der Waals surface area contributed by atoms with Crippen LogP contribution in [0.15, 0.2) is 59.1 Å². The Morgan fingerprint density at radius 1 is 0.886 bits per heavy atom. The molecule has 1 aliphatic rings. The monoisotopic (exact) mass is 540 g/mol. The van der Waals surface area contributed by atoms with Crippen molar-refractivity contribution >= 4 is 15.9 Å². The fourth-order valence-corrected chi connectivity index (χ4v) is 4.78. The number of ether oxygens (including phenoxy) is 4. The molecule has 0 saturated heterocycles. The average molecular weight is 541 g/mol. The van der Waals surface area contributed by atoms with E-state index in [9.17, 15) is 0 Å². The number of nitrogens with zero attached hydrogens (tertiary/aromatic N) is 1. The Morgan fingerprint density at radius 3 is 2.29 bits per heavy atom. The highest BCUT2D eigenvalue weighted by atomic mass is 79.9. The molecule has 0 bridgehead atoms. The lowest BCUT2D eigenvalue weighted by Gasteiger charge is -2.30. The summed E-state index contributed by atoms with van der Waals surface area (Å²) in [5.74, 6) is 2.92. The molecule has 35 heavy (non-hydrogen) atoms. The third-order valence-corrected chi connectivity index (χ3v) is 6.79. The molecule has 0 saturated carbocycles. The molecular weight excluding hydrogens is 508 g/mol. The zero-order valence-electron chi connectivity index (χ0n) is 20.8. The zero-order chi connectivity index (χ0) is 24.8. The molecule has 4 rings (SSSR count). The molecule has 1 aliphatic heterocycles. The van der Waals surface area contributed by atoms with Gasteiger partial charge in [0.15, 0.2) is 23.0 Å². The van der Waals surface area contributed by atoms with Crippen molar-refractivity contribution in [2.45, 2.75) is 19.1 Å². The van der Waals surface area contributed by atoms with E-state index in [1.807, 2.05) is 56.6 Å². The minimum atomic E-state index is -0.0210. The van der Waals surface area contributed by atoms with Gasteiger partial charge < -0.3 is 29.2 Å². The van der Waals surface area contributed by atoms with Crippen LogP contribution in [0, 0.1) is 0 Å². The van der Waals surface area contributed by atoms with Crippen LogP contribution in [0.3, 0.4) is 0 Å². The van der Waals surface area contributed by atoms with E-state index in [1.54, 1.807) is 14.2 Å². The van der Waals surface area contributed by atoms with Crippen LogP contribution in [0.2, 0.25) is 0 Å². The molecule has 1 atom stereocenters. The van der Waals surface area contributed by atoms with Gasteiger partial charge in [0.25, 0.3) is 0 Å². The third-order valence-electron chi connectivity index (χ3n) is 6.11. The van der Waals surface area contributed by atoms with Gasteiger partial charge in [-0.15, -0.1) is 0 Å². The van der Waals surface area contributed by atoms with Crippen LogP contribution in [0.1, 0.15) is 28.3 Å². The van der Waals surface area contributed by atoms with Crippen LogP contribution in [0.4, 0.5) is 0 Å². The molecule has 6 nitrogen and oxygen atoms in total. The second-order valence-electron chi connectivity index (χ2n) is 8.79. The van der Waals surface area contributed by atoms with Crippen molar-refractivity contribution < 1.29 is 18.9 Å². The van der Waals surface area contributed by atoms with Crippen LogP contribution >= 0.6 is 15.9 Å². The van der Waals surface area contributed by atoms with Crippen LogP contribution in [0.5, 0.6) is 23.0 Å². The standard InChI is InChI=1S/C28H33BrN2O4/c1-31(2)12-13-34-26-15-21-20(14-24(26)32-3)10-11-30-28(21)22-16-25(33-4)27(17-23(22)29)35-18-19-8-6-5-7-9-19/h5-9,14-17,28,30H,10-13,18H2,1-4H3. The second kappa shape index (κ2) is 11.8. The Morgan fingerprint density at radius 2 is 1.57 bits per heavy atom. The Hall–Kier alpha value is -2.74. The van der Waals surface area contributed by atoms with Crippen molar-refractivity contribution in [2.75, 3.05) is 48.0 Å². The molecular formula is C28H33BrN2O4. The number of likely N-dealkylation sites (N-methyl/N-ethyl adjacent to an activating group) is 1. The van der Waals surface area contributed by atoms with Gasteiger partial charge in [-0.3, -0.25) is 0 Å². The lowest BCUT2D eigenvalue weighted by Crippen LogP contribution is -2.31. The summed E-state index contributed by atoms with van der Waals surface area (Å²) in [5, 5.41) is 3.67. The van der Waals surface area contributed by atoms with Crippen LogP contribution in [-0.2, 0) is 13.0 Å². The van der Waals surface area contributed by atoms with Gasteiger partial charge in [-0.2, -0.15) is 0 Å². The zero-order valence-corrected chi connectivity index (χ0v) is 22.4. The highest BCUT2D eigenvalue weighted by molar-refractivity contribution is 9.10. The lowest BCUT2D eigenvalue weighted by molar-refractivity contribution is 0.250. The second-order valence-corrected chi connectivity index (χ2v) is 9.64. The molecule has 1 unspecified atom stereocenters. The van der Waals surface area contributed by atoms with Crippen molar-refractivity contribution in [3.05, 3.63) is 81.3 Å². The highest BCUT2D eigenvalue weighted by Gasteiger charge is 2.27. The van der Waals surface area contributed by atoms with Gasteiger partial charge in [0, 0.05) is 17.6 Å². The summed E-state index contributed by atoms with van der Waals surface area (Å²) >= 11 is 3.79. The number of halogens is 1. The van der Waals surface area contributed by atoms with E-state index in [1.165, 1.54) is 11.1 Å². The minimum Gasteiger partial charge on any atom is -0.493 e. The molecule has 0 radical (unpaired) electrons. The van der Waals surface area contributed by atoms with E-state index in [-0.39, 0.29) is 6.04 Å². The maximum absolute atomic E-state index is 6.11. The van der Waals surface area contributed by atoms with E-state index < -0.39 is 0 Å². The smallest absolute Gasteiger partial charge is 0.162 e. The van der Waals surface area contributed by atoms with E-state index >= 15 is 0 Å². The van der Waals surface area contributed by atoms with Crippen molar-refractivity contribution in [1.29, 1.82) is 0 Å². The van der Waals surface area contributed by atoms with Crippen LogP contribution in [0.25, 0.3) is 0 Å². The highest BCUT2D eigenvalue weighted by Crippen LogP contribution is 2.42. The van der Waals surface area contributed by atoms with E-state index in [4.69, 9.17) is 18.9 Å². The fourth-order valence-electron chi connectivity index (χ4n) is 4.23. The summed E-state index contributed by atoms with van der Waals surface area (Å²) in [6, 6.07) is 18.3. The first-order chi connectivity index (χ1) is 17.0. The number of rotatable bonds is 10. The quantitative estimate of drug-likeness (QED) is 0.380. The SMILES string of the molecule is COc1cc2c(cc1OCCN(C)C)C(c1cc(OC)c(OCc3ccccc3)cc1Br)NCC2. The number of methoxy groups -OCH3 is 2. The maximum Gasteiger partial charge on any atom is 0.162 e. The van der Waals surface area contributed by atoms with Crippen LogP contribution < -0.4 is 24.3 Å². The summed E-state index contributed by atoms with van der Waals surface area (Å²) in [7, 11) is 7.43. The Labute approximate surface area is 216 Å². The van der Waals surface area contributed by atoms with Gasteiger partial charge >= 0.3 is 0 Å². The van der Waals surface area contributed by atoms with Gasteiger partial charge in [0.1, 0.15) is 13.2 Å². The predicted octanol–water partition coefficient (Wildman–Crippen LogP) is 5.22. The van der Waals surface area contributed by atoms with Crippen molar-refractivity contribution in [1.82, 2.24) is 10.2 Å². The first-order valence-electron chi connectivity index (χ1n) is 11.8. The lowest BCUT2D eigenvalue weighted by atomic mass is 9.89. The van der Waals surface area contributed by atoms with Crippen molar-refractivity contribution in [2.24, 2.45) is 0 Å². The summed E-state index contributed by atoms with van der Waals surface area (Å²) in [6.45, 7) is 2.75. The third kappa shape index (κ3) is 6.10. The molecule has 0 aromatic heterocycles. The normalized spacial score (nSPS) is 15.0. The van der Waals surface area contributed by atoms with Gasteiger partial charge in [-0.25, -0.2) is 0 Å². The number of fused-ring (bicyclic) bond motifs is 1. The molecule has 0 fully saturated rings. The molecule has 0 aliphatic carbocycles. The molecule has 186 valence electrons. The van der Waals surface area contributed by atoms with Gasteiger partial charge in [0.2, 0.25) is 0 Å². The van der Waals surface area contributed by atoms with E-state index in [2.05, 4.69) is 38.3 Å². The first kappa shape index (κ1) is 25.4. The van der Waals surface area contributed by atoms with Gasteiger partial charge in [-0.1, -0.05) is 46.3 Å². The Kier molecular flexibility index (Phi) is 8.55. The average Bonchev–Trinajstić information content (AvgIpc) is 2.87. The first-order valence-corrected chi connectivity index (χ1v) is 12.5. The molecule has 3 aromatic carbocycles. The van der Waals surface area contributed by atoms with E-state index in [0.717, 1.165) is 46.6 Å². The maximum atomic E-state index is 6.11. The molecule has 1 heterocycles. The predicted molar refractivity (Wildman–Crippen MR) is 142 cm³/mol.